The zero-order valence-corrected chi connectivity index (χ0v) is 11.5. The van der Waals surface area contributed by atoms with E-state index in [9.17, 15) is 5.11 Å². The molecule has 0 radical (unpaired) electrons. The third-order valence-corrected chi connectivity index (χ3v) is 3.71. The molecule has 3 rings (SSSR count). The van der Waals surface area contributed by atoms with Crippen molar-refractivity contribution in [2.24, 2.45) is 0 Å². The van der Waals surface area contributed by atoms with Gasteiger partial charge in [0.1, 0.15) is 0 Å². The van der Waals surface area contributed by atoms with Gasteiger partial charge in [0.25, 0.3) is 0 Å². The van der Waals surface area contributed by atoms with Gasteiger partial charge in [-0.3, -0.25) is 0 Å². The lowest BCUT2D eigenvalue weighted by molar-refractivity contribution is 0.0969. The first kappa shape index (κ1) is 13.2. The van der Waals surface area contributed by atoms with E-state index < -0.39 is 6.10 Å². The SMILES string of the molecule is CC(O)c1ccccc1NC1COCc2ccccc21. The summed E-state index contributed by atoms with van der Waals surface area (Å²) in [5.41, 5.74) is 4.38. The number of fused-ring (bicyclic) bond motifs is 1. The molecule has 3 heteroatoms. The summed E-state index contributed by atoms with van der Waals surface area (Å²) >= 11 is 0. The van der Waals surface area contributed by atoms with Crippen LogP contribution in [0.4, 0.5) is 5.69 Å². The van der Waals surface area contributed by atoms with Gasteiger partial charge >= 0.3 is 0 Å². The van der Waals surface area contributed by atoms with Crippen LogP contribution in [0.3, 0.4) is 0 Å². The summed E-state index contributed by atoms with van der Waals surface area (Å²) in [7, 11) is 0. The van der Waals surface area contributed by atoms with E-state index in [1.807, 2.05) is 30.3 Å². The van der Waals surface area contributed by atoms with Crippen LogP contribution in [0.5, 0.6) is 0 Å². The van der Waals surface area contributed by atoms with Crippen molar-refractivity contribution in [1.82, 2.24) is 0 Å². The summed E-state index contributed by atoms with van der Waals surface area (Å²) < 4.78 is 5.66. The average Bonchev–Trinajstić information content (AvgIpc) is 2.48. The van der Waals surface area contributed by atoms with Crippen molar-refractivity contribution in [2.75, 3.05) is 11.9 Å². The minimum absolute atomic E-state index is 0.125. The standard InChI is InChI=1S/C17H19NO2/c1-12(19)14-7-4-5-9-16(14)18-17-11-20-10-13-6-2-3-8-15(13)17/h2-9,12,17-19H,10-11H2,1H3. The second kappa shape index (κ2) is 5.65. The molecule has 0 saturated carbocycles. The number of ether oxygens (including phenoxy) is 1. The fourth-order valence-corrected chi connectivity index (χ4v) is 2.68. The normalized spacial score (nSPS) is 19.2. The second-order valence-electron chi connectivity index (χ2n) is 5.17. The van der Waals surface area contributed by atoms with Crippen molar-refractivity contribution in [3.05, 3.63) is 65.2 Å². The van der Waals surface area contributed by atoms with Gasteiger partial charge in [0, 0.05) is 11.3 Å². The molecule has 3 nitrogen and oxygen atoms in total. The maximum Gasteiger partial charge on any atom is 0.0781 e. The van der Waals surface area contributed by atoms with E-state index in [-0.39, 0.29) is 6.04 Å². The Morgan fingerprint density at radius 1 is 1.15 bits per heavy atom. The van der Waals surface area contributed by atoms with Crippen molar-refractivity contribution in [2.45, 2.75) is 25.7 Å². The minimum atomic E-state index is -0.488. The van der Waals surface area contributed by atoms with Crippen molar-refractivity contribution in [3.8, 4) is 0 Å². The van der Waals surface area contributed by atoms with Gasteiger partial charge in [0.2, 0.25) is 0 Å². The maximum absolute atomic E-state index is 9.86. The third kappa shape index (κ3) is 2.55. The number of rotatable bonds is 3. The lowest BCUT2D eigenvalue weighted by Gasteiger charge is -2.28. The predicted octanol–water partition coefficient (Wildman–Crippen LogP) is 3.42. The van der Waals surface area contributed by atoms with Crippen molar-refractivity contribution in [3.63, 3.8) is 0 Å². The van der Waals surface area contributed by atoms with Gasteiger partial charge in [-0.25, -0.2) is 0 Å². The largest absolute Gasteiger partial charge is 0.389 e. The molecule has 2 aromatic carbocycles. The predicted molar refractivity (Wildman–Crippen MR) is 79.5 cm³/mol. The van der Waals surface area contributed by atoms with E-state index in [2.05, 4.69) is 23.5 Å². The van der Waals surface area contributed by atoms with E-state index in [4.69, 9.17) is 4.74 Å². The van der Waals surface area contributed by atoms with E-state index in [1.54, 1.807) is 6.92 Å². The van der Waals surface area contributed by atoms with Gasteiger partial charge in [-0.2, -0.15) is 0 Å². The Labute approximate surface area is 119 Å². The van der Waals surface area contributed by atoms with Crippen LogP contribution in [0, 0.1) is 0 Å². The van der Waals surface area contributed by atoms with Crippen molar-refractivity contribution < 1.29 is 9.84 Å². The number of aliphatic hydroxyl groups is 1. The van der Waals surface area contributed by atoms with Gasteiger partial charge in [-0.15, -0.1) is 0 Å². The molecule has 1 aliphatic heterocycles. The molecule has 20 heavy (non-hydrogen) atoms. The molecule has 2 aromatic rings. The molecule has 0 aliphatic carbocycles. The summed E-state index contributed by atoms with van der Waals surface area (Å²) in [6.45, 7) is 3.10. The second-order valence-corrected chi connectivity index (χ2v) is 5.17. The van der Waals surface area contributed by atoms with Crippen LogP contribution in [0.15, 0.2) is 48.5 Å². The molecular weight excluding hydrogens is 250 g/mol. The first-order chi connectivity index (χ1) is 9.75. The highest BCUT2D eigenvalue weighted by Crippen LogP contribution is 2.30. The zero-order chi connectivity index (χ0) is 13.9. The summed E-state index contributed by atoms with van der Waals surface area (Å²) in [5, 5.41) is 13.4. The lowest BCUT2D eigenvalue weighted by atomic mass is 9.98. The molecule has 0 aromatic heterocycles. The Morgan fingerprint density at radius 3 is 2.75 bits per heavy atom. The highest BCUT2D eigenvalue weighted by molar-refractivity contribution is 5.54. The average molecular weight is 269 g/mol. The Kier molecular flexibility index (Phi) is 3.72. The number of benzene rings is 2. The number of nitrogens with one attached hydrogen (secondary N) is 1. The lowest BCUT2D eigenvalue weighted by Crippen LogP contribution is -2.23. The van der Waals surface area contributed by atoms with Crippen LogP contribution >= 0.6 is 0 Å². The highest BCUT2D eigenvalue weighted by Gasteiger charge is 2.21. The number of para-hydroxylation sites is 1. The molecule has 0 spiro atoms. The van der Waals surface area contributed by atoms with Gasteiger partial charge in [0.15, 0.2) is 0 Å². The van der Waals surface area contributed by atoms with Gasteiger partial charge in [-0.05, 0) is 24.1 Å². The summed E-state index contributed by atoms with van der Waals surface area (Å²) in [4.78, 5) is 0. The van der Waals surface area contributed by atoms with Crippen LogP contribution in [-0.4, -0.2) is 11.7 Å². The molecule has 2 atom stereocenters. The topological polar surface area (TPSA) is 41.5 Å². The Hall–Kier alpha value is -1.84. The molecule has 0 bridgehead atoms. The first-order valence-electron chi connectivity index (χ1n) is 6.95. The van der Waals surface area contributed by atoms with Crippen LogP contribution in [0.25, 0.3) is 0 Å². The Balaban J connectivity index is 1.90. The molecular formula is C17H19NO2. The Morgan fingerprint density at radius 2 is 1.90 bits per heavy atom. The van der Waals surface area contributed by atoms with Crippen LogP contribution in [-0.2, 0) is 11.3 Å². The minimum Gasteiger partial charge on any atom is -0.389 e. The summed E-state index contributed by atoms with van der Waals surface area (Å²) in [6, 6.07) is 16.3. The zero-order valence-electron chi connectivity index (χ0n) is 11.5. The first-order valence-corrected chi connectivity index (χ1v) is 6.95. The third-order valence-electron chi connectivity index (χ3n) is 3.71. The Bertz CT molecular complexity index is 595. The fraction of sp³-hybridized carbons (Fsp3) is 0.294. The summed E-state index contributed by atoms with van der Waals surface area (Å²) in [6.07, 6.45) is -0.488. The van der Waals surface area contributed by atoms with Crippen LogP contribution < -0.4 is 5.32 Å². The fourth-order valence-electron chi connectivity index (χ4n) is 2.68. The van der Waals surface area contributed by atoms with Crippen LogP contribution in [0.2, 0.25) is 0 Å². The quantitative estimate of drug-likeness (QED) is 0.897. The molecule has 0 amide bonds. The molecule has 2 unspecified atom stereocenters. The number of hydrogen-bond acceptors (Lipinski definition) is 3. The highest BCUT2D eigenvalue weighted by atomic mass is 16.5. The maximum atomic E-state index is 9.86. The van der Waals surface area contributed by atoms with E-state index >= 15 is 0 Å². The molecule has 1 aliphatic rings. The monoisotopic (exact) mass is 269 g/mol. The van der Waals surface area contributed by atoms with Gasteiger partial charge in [-0.1, -0.05) is 42.5 Å². The molecule has 2 N–H and O–H groups in total. The van der Waals surface area contributed by atoms with Crippen molar-refractivity contribution >= 4 is 5.69 Å². The smallest absolute Gasteiger partial charge is 0.0781 e. The van der Waals surface area contributed by atoms with Crippen LogP contribution in [0.1, 0.15) is 35.8 Å². The van der Waals surface area contributed by atoms with E-state index in [1.165, 1.54) is 11.1 Å². The number of hydrogen-bond donors (Lipinski definition) is 2. The van der Waals surface area contributed by atoms with Gasteiger partial charge < -0.3 is 15.2 Å². The van der Waals surface area contributed by atoms with Crippen molar-refractivity contribution in [1.29, 1.82) is 0 Å². The molecule has 0 fully saturated rings. The van der Waals surface area contributed by atoms with E-state index in [0.29, 0.717) is 13.2 Å². The molecule has 104 valence electrons. The number of anilines is 1. The molecule has 1 heterocycles. The molecule has 0 saturated heterocycles. The number of aliphatic hydroxyl groups excluding tert-OH is 1. The summed E-state index contributed by atoms with van der Waals surface area (Å²) in [5.74, 6) is 0. The van der Waals surface area contributed by atoms with E-state index in [0.717, 1.165) is 11.3 Å². The van der Waals surface area contributed by atoms with Gasteiger partial charge in [0.05, 0.1) is 25.4 Å².